The molecule has 4 heterocycles. The molecular formula is C17H9N7O7S. The van der Waals surface area contributed by atoms with Crippen molar-refractivity contribution in [2.45, 2.75) is 12.1 Å². The van der Waals surface area contributed by atoms with Gasteiger partial charge in [0.1, 0.15) is 5.76 Å². The van der Waals surface area contributed by atoms with Crippen molar-refractivity contribution in [3.8, 4) is 11.5 Å². The van der Waals surface area contributed by atoms with Gasteiger partial charge in [-0.3, -0.25) is 20.2 Å². The van der Waals surface area contributed by atoms with Crippen LogP contribution in [0, 0.1) is 27.2 Å². The van der Waals surface area contributed by atoms with Gasteiger partial charge in [0.25, 0.3) is 5.69 Å². The first-order chi connectivity index (χ1) is 15.3. The van der Waals surface area contributed by atoms with Crippen LogP contribution in [-0.4, -0.2) is 41.3 Å². The molecule has 0 unspecified atom stereocenters. The summed E-state index contributed by atoms with van der Waals surface area (Å²) >= 11 is 1.25. The van der Waals surface area contributed by atoms with Crippen LogP contribution in [0.2, 0.25) is 0 Å². The highest BCUT2D eigenvalue weighted by Crippen LogP contribution is 2.32. The van der Waals surface area contributed by atoms with Gasteiger partial charge in [-0.2, -0.15) is 9.78 Å². The van der Waals surface area contributed by atoms with Gasteiger partial charge in [-0.1, -0.05) is 16.9 Å². The van der Waals surface area contributed by atoms with E-state index in [1.807, 2.05) is 0 Å². The quantitative estimate of drug-likeness (QED) is 0.250. The average Bonchev–Trinajstić information content (AvgIpc) is 3.37. The summed E-state index contributed by atoms with van der Waals surface area (Å²) in [5, 5.41) is 39.4. The van der Waals surface area contributed by atoms with E-state index < -0.39 is 26.8 Å². The molecule has 0 bridgehead atoms. The van der Waals surface area contributed by atoms with Crippen molar-refractivity contribution >= 4 is 39.8 Å². The summed E-state index contributed by atoms with van der Waals surface area (Å²) in [5.41, 5.74) is -1.75. The molecule has 0 spiro atoms. The Morgan fingerprint density at radius 3 is 2.62 bits per heavy atom. The van der Waals surface area contributed by atoms with E-state index in [9.17, 15) is 25.0 Å². The number of hydrogen-bond donors (Lipinski definition) is 0. The van der Waals surface area contributed by atoms with Crippen molar-refractivity contribution in [3.63, 3.8) is 0 Å². The SMILES string of the molecule is Cc1cc(-c2nnc3n2N=C(c2cc4cc([N+](=O)[O-])cc([N+](=O)[O-])c4oc2=O)CS3)no1. The predicted molar refractivity (Wildman–Crippen MR) is 109 cm³/mol. The molecule has 1 aliphatic heterocycles. The van der Waals surface area contributed by atoms with Gasteiger partial charge in [0.15, 0.2) is 5.69 Å². The second-order valence-corrected chi connectivity index (χ2v) is 7.56. The zero-order valence-electron chi connectivity index (χ0n) is 15.9. The van der Waals surface area contributed by atoms with Crippen molar-refractivity contribution in [2.75, 3.05) is 5.75 Å². The number of aromatic nitrogens is 4. The first kappa shape index (κ1) is 19.6. The molecule has 4 aromatic rings. The lowest BCUT2D eigenvalue weighted by Gasteiger charge is -2.12. The Hall–Kier alpha value is -4.40. The van der Waals surface area contributed by atoms with Crippen LogP contribution in [0.15, 0.2) is 48.3 Å². The monoisotopic (exact) mass is 455 g/mol. The first-order valence-corrected chi connectivity index (χ1v) is 9.81. The van der Waals surface area contributed by atoms with Crippen LogP contribution < -0.4 is 5.63 Å². The standard InChI is InChI=1S/C17H9N7O7S/c1-7-2-11(21-31-7)15-18-19-17-22(15)20-12(6-32-17)10-4-8-3-9(23(26)27)5-13(24(28)29)14(8)30-16(10)25/h2-5H,6H2,1H3. The van der Waals surface area contributed by atoms with Crippen molar-refractivity contribution in [3.05, 3.63) is 66.2 Å². The fourth-order valence-corrected chi connectivity index (χ4v) is 3.96. The maximum Gasteiger partial charge on any atom is 0.345 e. The summed E-state index contributed by atoms with van der Waals surface area (Å²) in [6, 6.07) is 4.78. The fraction of sp³-hybridized carbons (Fsp3) is 0.118. The minimum absolute atomic E-state index is 0.00132. The molecule has 0 radical (unpaired) electrons. The Morgan fingerprint density at radius 2 is 1.94 bits per heavy atom. The van der Waals surface area contributed by atoms with Gasteiger partial charge < -0.3 is 8.94 Å². The number of thioether (sulfide) groups is 1. The van der Waals surface area contributed by atoms with Gasteiger partial charge >= 0.3 is 11.3 Å². The van der Waals surface area contributed by atoms with Crippen LogP contribution >= 0.6 is 11.8 Å². The molecule has 1 aromatic carbocycles. The highest BCUT2D eigenvalue weighted by molar-refractivity contribution is 7.99. The van der Waals surface area contributed by atoms with E-state index >= 15 is 0 Å². The summed E-state index contributed by atoms with van der Waals surface area (Å²) < 4.78 is 11.6. The van der Waals surface area contributed by atoms with E-state index in [0.29, 0.717) is 16.6 Å². The lowest BCUT2D eigenvalue weighted by atomic mass is 10.1. The third kappa shape index (κ3) is 3.11. The topological polar surface area (TPSA) is 186 Å². The highest BCUT2D eigenvalue weighted by atomic mass is 32.2. The fourth-order valence-electron chi connectivity index (χ4n) is 3.13. The summed E-state index contributed by atoms with van der Waals surface area (Å²) in [6.07, 6.45) is 0. The molecule has 160 valence electrons. The van der Waals surface area contributed by atoms with Crippen molar-refractivity contribution in [1.82, 2.24) is 20.0 Å². The largest absolute Gasteiger partial charge is 0.415 e. The van der Waals surface area contributed by atoms with E-state index in [2.05, 4.69) is 20.5 Å². The summed E-state index contributed by atoms with van der Waals surface area (Å²) in [5.74, 6) is 1.07. The molecule has 32 heavy (non-hydrogen) atoms. The molecule has 0 saturated carbocycles. The molecule has 0 aliphatic carbocycles. The Labute approximate surface area is 179 Å². The second-order valence-electron chi connectivity index (χ2n) is 6.62. The molecule has 0 atom stereocenters. The molecule has 0 amide bonds. The van der Waals surface area contributed by atoms with E-state index in [1.54, 1.807) is 13.0 Å². The lowest BCUT2D eigenvalue weighted by Crippen LogP contribution is -2.21. The minimum atomic E-state index is -0.871. The third-order valence-corrected chi connectivity index (χ3v) is 5.47. The third-order valence-electron chi connectivity index (χ3n) is 4.54. The van der Waals surface area contributed by atoms with E-state index in [-0.39, 0.29) is 33.8 Å². The Morgan fingerprint density at radius 1 is 1.12 bits per heavy atom. The zero-order chi connectivity index (χ0) is 22.6. The molecule has 5 rings (SSSR count). The number of nitro groups is 2. The highest BCUT2D eigenvalue weighted by Gasteiger charge is 2.27. The molecule has 15 heteroatoms. The summed E-state index contributed by atoms with van der Waals surface area (Å²) in [4.78, 5) is 33.6. The van der Waals surface area contributed by atoms with Gasteiger partial charge in [0.2, 0.25) is 16.6 Å². The van der Waals surface area contributed by atoms with Crippen LogP contribution in [0.25, 0.3) is 22.5 Å². The van der Waals surface area contributed by atoms with Crippen molar-refractivity contribution in [2.24, 2.45) is 5.10 Å². The van der Waals surface area contributed by atoms with Gasteiger partial charge in [-0.15, -0.1) is 10.2 Å². The maximum absolute atomic E-state index is 12.7. The number of fused-ring (bicyclic) bond motifs is 2. The van der Waals surface area contributed by atoms with Crippen LogP contribution in [0.4, 0.5) is 11.4 Å². The second kappa shape index (κ2) is 7.09. The Kier molecular flexibility index (Phi) is 4.33. The maximum atomic E-state index is 12.7. The van der Waals surface area contributed by atoms with E-state index in [1.165, 1.54) is 22.5 Å². The van der Waals surface area contributed by atoms with Crippen molar-refractivity contribution < 1.29 is 18.8 Å². The summed E-state index contributed by atoms with van der Waals surface area (Å²) in [7, 11) is 0. The zero-order valence-corrected chi connectivity index (χ0v) is 16.7. The molecule has 0 N–H and O–H groups in total. The number of non-ortho nitro benzene ring substituents is 2. The predicted octanol–water partition coefficient (Wildman–Crippen LogP) is 2.52. The van der Waals surface area contributed by atoms with Crippen LogP contribution in [-0.2, 0) is 0 Å². The molecule has 0 fully saturated rings. The number of hydrogen-bond acceptors (Lipinski definition) is 12. The Balaban J connectivity index is 1.68. The first-order valence-electron chi connectivity index (χ1n) is 8.82. The number of benzene rings is 1. The summed E-state index contributed by atoms with van der Waals surface area (Å²) in [6.45, 7) is 1.71. The van der Waals surface area contributed by atoms with Crippen LogP contribution in [0.5, 0.6) is 0 Å². The number of nitro benzene ring substituents is 2. The number of nitrogens with zero attached hydrogens (tertiary/aromatic N) is 7. The Bertz CT molecular complexity index is 1530. The van der Waals surface area contributed by atoms with E-state index in [4.69, 9.17) is 8.94 Å². The molecule has 1 aliphatic rings. The average molecular weight is 455 g/mol. The van der Waals surface area contributed by atoms with Crippen molar-refractivity contribution in [1.29, 1.82) is 0 Å². The van der Waals surface area contributed by atoms with Gasteiger partial charge in [0.05, 0.1) is 27.2 Å². The van der Waals surface area contributed by atoms with E-state index in [0.717, 1.165) is 12.1 Å². The minimum Gasteiger partial charge on any atom is -0.415 e. The van der Waals surface area contributed by atoms with Gasteiger partial charge in [0, 0.05) is 23.3 Å². The number of aryl methyl sites for hydroxylation is 1. The smallest absolute Gasteiger partial charge is 0.345 e. The van der Waals surface area contributed by atoms with Gasteiger partial charge in [-0.05, 0) is 13.0 Å². The normalized spacial score (nSPS) is 13.1. The molecule has 3 aromatic heterocycles. The molecular weight excluding hydrogens is 446 g/mol. The molecule has 0 saturated heterocycles. The number of rotatable bonds is 4. The van der Waals surface area contributed by atoms with Crippen LogP contribution in [0.1, 0.15) is 11.3 Å². The van der Waals surface area contributed by atoms with Gasteiger partial charge in [-0.25, -0.2) is 4.79 Å². The molecule has 14 nitrogen and oxygen atoms in total. The van der Waals surface area contributed by atoms with Crippen LogP contribution in [0.3, 0.4) is 0 Å². The lowest BCUT2D eigenvalue weighted by molar-refractivity contribution is -0.393.